The number of fused-ring (bicyclic) bond motifs is 1. The number of nitrogens with zero attached hydrogens (tertiary/aromatic N) is 1. The van der Waals surface area contributed by atoms with E-state index in [0.717, 1.165) is 23.0 Å². The fourth-order valence-corrected chi connectivity index (χ4v) is 2.12. The number of halogens is 4. The van der Waals surface area contributed by atoms with Gasteiger partial charge in [0.2, 0.25) is 0 Å². The minimum atomic E-state index is -5.08. The van der Waals surface area contributed by atoms with Crippen LogP contribution in [0.15, 0.2) is 0 Å². The Labute approximate surface area is 119 Å². The number of aliphatic carboxylic acids is 1. The number of hydrogen-bond acceptors (Lipinski definition) is 3. The SMILES string of the molecule is Cc1nc2c(c(C)c1Cl)C(C)NC2.O=C(O)C(F)(F)F. The molecule has 0 radical (unpaired) electrons. The number of aryl methyl sites for hydroxylation is 1. The van der Waals surface area contributed by atoms with E-state index in [1.165, 1.54) is 11.1 Å². The molecule has 8 heteroatoms. The molecule has 2 N–H and O–H groups in total. The molecule has 2 rings (SSSR count). The molecule has 112 valence electrons. The van der Waals surface area contributed by atoms with Gasteiger partial charge in [-0.05, 0) is 31.9 Å². The molecule has 0 aliphatic carbocycles. The summed E-state index contributed by atoms with van der Waals surface area (Å²) in [6, 6.07) is 0.389. The van der Waals surface area contributed by atoms with Crippen LogP contribution in [0, 0.1) is 13.8 Å². The van der Waals surface area contributed by atoms with Crippen LogP contribution in [-0.2, 0) is 11.3 Å². The Hall–Kier alpha value is -1.34. The number of carboxylic acids is 1. The van der Waals surface area contributed by atoms with Gasteiger partial charge in [-0.1, -0.05) is 11.6 Å². The molecular weight excluding hydrogens is 297 g/mol. The Balaban J connectivity index is 0.000000246. The van der Waals surface area contributed by atoms with Crippen molar-refractivity contribution in [2.75, 3.05) is 0 Å². The maximum atomic E-state index is 10.6. The Kier molecular flexibility index (Phi) is 4.99. The molecule has 1 aliphatic heterocycles. The van der Waals surface area contributed by atoms with Gasteiger partial charge < -0.3 is 10.4 Å². The molecule has 1 aliphatic rings. The summed E-state index contributed by atoms with van der Waals surface area (Å²) in [6.07, 6.45) is -5.08. The molecule has 1 unspecified atom stereocenters. The second-order valence-corrected chi connectivity index (χ2v) is 4.78. The van der Waals surface area contributed by atoms with E-state index >= 15 is 0 Å². The molecule has 2 heterocycles. The Morgan fingerprint density at radius 3 is 2.40 bits per heavy atom. The van der Waals surface area contributed by atoms with Crippen molar-refractivity contribution < 1.29 is 23.1 Å². The van der Waals surface area contributed by atoms with Crippen molar-refractivity contribution in [2.45, 2.75) is 39.5 Å². The van der Waals surface area contributed by atoms with Gasteiger partial charge in [-0.15, -0.1) is 0 Å². The molecule has 1 atom stereocenters. The van der Waals surface area contributed by atoms with E-state index in [9.17, 15) is 13.2 Å². The highest BCUT2D eigenvalue weighted by Gasteiger charge is 2.38. The fourth-order valence-electron chi connectivity index (χ4n) is 1.98. The summed E-state index contributed by atoms with van der Waals surface area (Å²) in [5.41, 5.74) is 4.57. The molecule has 0 spiro atoms. The van der Waals surface area contributed by atoms with Crippen molar-refractivity contribution >= 4 is 17.6 Å². The van der Waals surface area contributed by atoms with E-state index in [1.807, 2.05) is 6.92 Å². The van der Waals surface area contributed by atoms with Gasteiger partial charge in [0.25, 0.3) is 0 Å². The maximum absolute atomic E-state index is 10.6. The first-order valence-electron chi connectivity index (χ1n) is 5.74. The third kappa shape index (κ3) is 3.61. The first-order valence-corrected chi connectivity index (χ1v) is 6.12. The molecule has 0 fully saturated rings. The van der Waals surface area contributed by atoms with Gasteiger partial charge in [0.1, 0.15) is 0 Å². The van der Waals surface area contributed by atoms with Crippen molar-refractivity contribution in [1.29, 1.82) is 0 Å². The Morgan fingerprint density at radius 1 is 1.45 bits per heavy atom. The number of nitrogens with one attached hydrogen (secondary N) is 1. The van der Waals surface area contributed by atoms with Gasteiger partial charge >= 0.3 is 12.1 Å². The lowest BCUT2D eigenvalue weighted by Crippen LogP contribution is -2.21. The van der Waals surface area contributed by atoms with Gasteiger partial charge in [-0.2, -0.15) is 13.2 Å². The predicted octanol–water partition coefficient (Wildman–Crippen LogP) is 3.15. The van der Waals surface area contributed by atoms with Crippen LogP contribution in [0.5, 0.6) is 0 Å². The predicted molar refractivity (Wildman–Crippen MR) is 67.7 cm³/mol. The van der Waals surface area contributed by atoms with Crippen LogP contribution >= 0.6 is 11.6 Å². The van der Waals surface area contributed by atoms with Crippen LogP contribution in [0.25, 0.3) is 0 Å². The standard InChI is InChI=1S/C10H13ClN2.C2HF3O2/c1-5-9-6(2)12-4-8(9)13-7(3)10(5)11;3-2(4,5)1(6)7/h6,12H,4H2,1-3H3;(H,6,7). The summed E-state index contributed by atoms with van der Waals surface area (Å²) in [5, 5.41) is 11.3. The lowest BCUT2D eigenvalue weighted by atomic mass is 10.0. The second-order valence-electron chi connectivity index (χ2n) is 4.40. The van der Waals surface area contributed by atoms with E-state index in [4.69, 9.17) is 21.5 Å². The van der Waals surface area contributed by atoms with Crippen molar-refractivity contribution in [1.82, 2.24) is 10.3 Å². The summed E-state index contributed by atoms with van der Waals surface area (Å²) in [6.45, 7) is 7.04. The first-order chi connectivity index (χ1) is 9.05. The van der Waals surface area contributed by atoms with Crippen LogP contribution in [0.1, 0.15) is 35.5 Å². The first kappa shape index (κ1) is 16.7. The molecule has 1 aromatic rings. The number of carbonyl (C=O) groups is 1. The number of pyridine rings is 1. The van der Waals surface area contributed by atoms with E-state index in [-0.39, 0.29) is 0 Å². The molecule has 1 aromatic heterocycles. The van der Waals surface area contributed by atoms with Crippen LogP contribution in [0.4, 0.5) is 13.2 Å². The summed E-state index contributed by atoms with van der Waals surface area (Å²) >= 11 is 6.14. The summed E-state index contributed by atoms with van der Waals surface area (Å²) in [5.74, 6) is -2.76. The summed E-state index contributed by atoms with van der Waals surface area (Å²) in [7, 11) is 0. The van der Waals surface area contributed by atoms with Crippen molar-refractivity contribution in [3.05, 3.63) is 27.5 Å². The van der Waals surface area contributed by atoms with E-state index in [0.29, 0.717) is 6.04 Å². The molecule has 0 bridgehead atoms. The van der Waals surface area contributed by atoms with Crippen LogP contribution < -0.4 is 5.32 Å². The average molecular weight is 311 g/mol. The second kappa shape index (κ2) is 5.97. The molecule has 0 aromatic carbocycles. The lowest BCUT2D eigenvalue weighted by molar-refractivity contribution is -0.192. The molecule has 20 heavy (non-hydrogen) atoms. The van der Waals surface area contributed by atoms with E-state index < -0.39 is 12.1 Å². The topological polar surface area (TPSA) is 62.2 Å². The van der Waals surface area contributed by atoms with Gasteiger partial charge in [0, 0.05) is 12.6 Å². The molecule has 0 amide bonds. The van der Waals surface area contributed by atoms with Crippen molar-refractivity contribution in [3.63, 3.8) is 0 Å². The fraction of sp³-hybridized carbons (Fsp3) is 0.500. The van der Waals surface area contributed by atoms with Crippen LogP contribution in [0.2, 0.25) is 5.02 Å². The maximum Gasteiger partial charge on any atom is 0.490 e. The zero-order valence-corrected chi connectivity index (χ0v) is 11.9. The van der Waals surface area contributed by atoms with Crippen molar-refractivity contribution in [2.24, 2.45) is 0 Å². The minimum Gasteiger partial charge on any atom is -0.475 e. The highest BCUT2D eigenvalue weighted by atomic mass is 35.5. The number of hydrogen-bond donors (Lipinski definition) is 2. The summed E-state index contributed by atoms with van der Waals surface area (Å²) < 4.78 is 31.7. The average Bonchev–Trinajstić information content (AvgIpc) is 2.67. The third-order valence-electron chi connectivity index (χ3n) is 2.92. The molecule has 4 nitrogen and oxygen atoms in total. The van der Waals surface area contributed by atoms with Crippen molar-refractivity contribution in [3.8, 4) is 0 Å². The largest absolute Gasteiger partial charge is 0.490 e. The number of aromatic nitrogens is 1. The number of alkyl halides is 3. The minimum absolute atomic E-state index is 0.389. The van der Waals surface area contributed by atoms with E-state index in [2.05, 4.69) is 24.1 Å². The monoisotopic (exact) mass is 310 g/mol. The number of rotatable bonds is 0. The van der Waals surface area contributed by atoms with Gasteiger partial charge in [-0.25, -0.2) is 4.79 Å². The Morgan fingerprint density at radius 2 is 1.95 bits per heavy atom. The lowest BCUT2D eigenvalue weighted by Gasteiger charge is -2.10. The zero-order chi connectivity index (χ0) is 15.7. The normalized spacial score (nSPS) is 17.2. The third-order valence-corrected chi connectivity index (χ3v) is 3.47. The highest BCUT2D eigenvalue weighted by Crippen LogP contribution is 2.32. The van der Waals surface area contributed by atoms with Crippen LogP contribution in [0.3, 0.4) is 0 Å². The van der Waals surface area contributed by atoms with E-state index in [1.54, 1.807) is 0 Å². The van der Waals surface area contributed by atoms with Gasteiger partial charge in [0.05, 0.1) is 16.4 Å². The van der Waals surface area contributed by atoms with Gasteiger partial charge in [0.15, 0.2) is 0 Å². The molecule has 0 saturated carbocycles. The summed E-state index contributed by atoms with van der Waals surface area (Å²) in [4.78, 5) is 13.4. The van der Waals surface area contributed by atoms with Gasteiger partial charge in [-0.3, -0.25) is 4.98 Å². The molecular formula is C12H14ClF3N2O2. The highest BCUT2D eigenvalue weighted by molar-refractivity contribution is 6.32. The quantitative estimate of drug-likeness (QED) is 0.773. The number of carboxylic acid groups (broad SMARTS) is 1. The Bertz CT molecular complexity index is 532. The zero-order valence-electron chi connectivity index (χ0n) is 11.1. The van der Waals surface area contributed by atoms with Crippen LogP contribution in [-0.4, -0.2) is 22.2 Å². The smallest absolute Gasteiger partial charge is 0.475 e. The molecule has 0 saturated heterocycles.